The maximum Gasteiger partial charge on any atom is 0.0659 e. The lowest BCUT2D eigenvalue weighted by Crippen LogP contribution is -2.55. The first-order chi connectivity index (χ1) is 7.73. The summed E-state index contributed by atoms with van der Waals surface area (Å²) >= 11 is 6.38. The van der Waals surface area contributed by atoms with E-state index in [0.29, 0.717) is 11.5 Å². The summed E-state index contributed by atoms with van der Waals surface area (Å²) in [7, 11) is 0. The standard InChI is InChI=1S/C14H25ClO/c1-3-14(4-2)12(15)9-13(14)16-10-11-7-5-6-8-11/h11-13H,3-10H2,1-2H3. The van der Waals surface area contributed by atoms with Gasteiger partial charge in [0.1, 0.15) is 0 Å². The molecule has 0 aromatic carbocycles. The summed E-state index contributed by atoms with van der Waals surface area (Å²) in [6, 6.07) is 0. The van der Waals surface area contributed by atoms with E-state index in [-0.39, 0.29) is 5.41 Å². The molecule has 2 saturated carbocycles. The van der Waals surface area contributed by atoms with Crippen LogP contribution in [0.2, 0.25) is 0 Å². The minimum Gasteiger partial charge on any atom is -0.377 e. The molecule has 2 aliphatic rings. The molecule has 2 unspecified atom stereocenters. The lowest BCUT2D eigenvalue weighted by molar-refractivity contribution is -0.120. The lowest BCUT2D eigenvalue weighted by atomic mass is 9.62. The average Bonchev–Trinajstić information content (AvgIpc) is 2.78. The highest BCUT2D eigenvalue weighted by atomic mass is 35.5. The van der Waals surface area contributed by atoms with Crippen LogP contribution in [0.1, 0.15) is 58.8 Å². The van der Waals surface area contributed by atoms with E-state index in [4.69, 9.17) is 16.3 Å². The smallest absolute Gasteiger partial charge is 0.0659 e. The normalized spacial score (nSPS) is 33.9. The second-order valence-corrected chi connectivity index (χ2v) is 6.14. The molecule has 2 heteroatoms. The van der Waals surface area contributed by atoms with Crippen molar-refractivity contribution in [3.63, 3.8) is 0 Å². The molecule has 0 heterocycles. The molecule has 0 N–H and O–H groups in total. The van der Waals surface area contributed by atoms with Gasteiger partial charge in [0.05, 0.1) is 6.10 Å². The zero-order valence-corrected chi connectivity index (χ0v) is 11.4. The molecule has 0 saturated heterocycles. The highest BCUT2D eigenvalue weighted by Crippen LogP contribution is 2.52. The molecule has 0 aromatic heterocycles. The van der Waals surface area contributed by atoms with Crippen molar-refractivity contribution < 1.29 is 4.74 Å². The van der Waals surface area contributed by atoms with E-state index >= 15 is 0 Å². The van der Waals surface area contributed by atoms with Gasteiger partial charge in [-0.15, -0.1) is 11.6 Å². The van der Waals surface area contributed by atoms with E-state index in [9.17, 15) is 0 Å². The van der Waals surface area contributed by atoms with Crippen LogP contribution in [0.3, 0.4) is 0 Å². The van der Waals surface area contributed by atoms with Crippen LogP contribution < -0.4 is 0 Å². The number of alkyl halides is 1. The van der Waals surface area contributed by atoms with Crippen molar-refractivity contribution in [2.45, 2.75) is 70.3 Å². The molecule has 2 fully saturated rings. The number of hydrogen-bond acceptors (Lipinski definition) is 1. The topological polar surface area (TPSA) is 9.23 Å². The van der Waals surface area contributed by atoms with Crippen molar-refractivity contribution in [2.75, 3.05) is 6.61 Å². The fourth-order valence-corrected chi connectivity index (χ4v) is 4.12. The van der Waals surface area contributed by atoms with Gasteiger partial charge in [-0.2, -0.15) is 0 Å². The minimum absolute atomic E-state index is 0.278. The van der Waals surface area contributed by atoms with Crippen LogP contribution in [0, 0.1) is 11.3 Å². The van der Waals surface area contributed by atoms with Gasteiger partial charge in [0.25, 0.3) is 0 Å². The number of rotatable bonds is 5. The maximum atomic E-state index is 6.38. The average molecular weight is 245 g/mol. The minimum atomic E-state index is 0.278. The maximum absolute atomic E-state index is 6.38. The summed E-state index contributed by atoms with van der Waals surface area (Å²) in [4.78, 5) is 0. The molecule has 16 heavy (non-hydrogen) atoms. The van der Waals surface area contributed by atoms with Crippen LogP contribution in [0.15, 0.2) is 0 Å². The first-order valence-corrected chi connectivity index (χ1v) is 7.42. The molecular formula is C14H25ClO. The Morgan fingerprint density at radius 1 is 1.19 bits per heavy atom. The van der Waals surface area contributed by atoms with Crippen LogP contribution in [0.4, 0.5) is 0 Å². The van der Waals surface area contributed by atoms with Crippen molar-refractivity contribution in [1.82, 2.24) is 0 Å². The van der Waals surface area contributed by atoms with Crippen molar-refractivity contribution >= 4 is 11.6 Å². The van der Waals surface area contributed by atoms with Gasteiger partial charge in [0, 0.05) is 17.4 Å². The lowest BCUT2D eigenvalue weighted by Gasteiger charge is -2.53. The molecule has 0 aliphatic heterocycles. The molecule has 2 atom stereocenters. The molecule has 1 nitrogen and oxygen atoms in total. The summed E-state index contributed by atoms with van der Waals surface area (Å²) < 4.78 is 6.15. The second-order valence-electron chi connectivity index (χ2n) is 5.62. The molecule has 0 bridgehead atoms. The SMILES string of the molecule is CCC1(CC)C(Cl)CC1OCC1CCCC1. The molecule has 0 amide bonds. The van der Waals surface area contributed by atoms with Gasteiger partial charge in [-0.1, -0.05) is 26.7 Å². The Bertz CT molecular complexity index is 219. The Morgan fingerprint density at radius 2 is 1.81 bits per heavy atom. The molecule has 2 aliphatic carbocycles. The molecule has 0 aromatic rings. The summed E-state index contributed by atoms with van der Waals surface area (Å²) in [5.74, 6) is 0.834. The Hall–Kier alpha value is 0.250. The largest absolute Gasteiger partial charge is 0.377 e. The third kappa shape index (κ3) is 2.13. The Labute approximate surface area is 105 Å². The van der Waals surface area contributed by atoms with Crippen LogP contribution >= 0.6 is 11.6 Å². The second kappa shape index (κ2) is 5.27. The highest BCUT2D eigenvalue weighted by molar-refractivity contribution is 6.21. The van der Waals surface area contributed by atoms with Gasteiger partial charge < -0.3 is 4.74 Å². The monoisotopic (exact) mass is 244 g/mol. The Morgan fingerprint density at radius 3 is 2.31 bits per heavy atom. The summed E-state index contributed by atoms with van der Waals surface area (Å²) in [6.07, 6.45) is 9.39. The van der Waals surface area contributed by atoms with E-state index in [0.717, 1.165) is 31.8 Å². The van der Waals surface area contributed by atoms with Gasteiger partial charge in [-0.3, -0.25) is 0 Å². The molecule has 94 valence electrons. The predicted octanol–water partition coefficient (Wildman–Crippen LogP) is 4.38. The molecule has 2 rings (SSSR count). The third-order valence-electron chi connectivity index (χ3n) is 5.01. The fourth-order valence-electron chi connectivity index (χ4n) is 3.51. The van der Waals surface area contributed by atoms with Crippen molar-refractivity contribution in [3.05, 3.63) is 0 Å². The fraction of sp³-hybridized carbons (Fsp3) is 1.00. The predicted molar refractivity (Wildman–Crippen MR) is 69.0 cm³/mol. The quantitative estimate of drug-likeness (QED) is 0.653. The zero-order chi connectivity index (χ0) is 11.6. The van der Waals surface area contributed by atoms with E-state index in [2.05, 4.69) is 13.8 Å². The zero-order valence-electron chi connectivity index (χ0n) is 10.7. The van der Waals surface area contributed by atoms with E-state index in [1.165, 1.54) is 25.7 Å². The van der Waals surface area contributed by atoms with Crippen molar-refractivity contribution in [3.8, 4) is 0 Å². The Kier molecular flexibility index (Phi) is 4.18. The van der Waals surface area contributed by atoms with E-state index in [1.54, 1.807) is 0 Å². The molecular weight excluding hydrogens is 220 g/mol. The Balaban J connectivity index is 1.81. The highest BCUT2D eigenvalue weighted by Gasteiger charge is 2.52. The molecule has 0 radical (unpaired) electrons. The summed E-state index contributed by atoms with van der Waals surface area (Å²) in [5, 5.41) is 0.344. The van der Waals surface area contributed by atoms with Crippen LogP contribution in [-0.4, -0.2) is 18.1 Å². The van der Waals surface area contributed by atoms with Crippen molar-refractivity contribution in [1.29, 1.82) is 0 Å². The van der Waals surface area contributed by atoms with Crippen LogP contribution in [0.5, 0.6) is 0 Å². The first-order valence-electron chi connectivity index (χ1n) is 6.98. The van der Waals surface area contributed by atoms with E-state index in [1.807, 2.05) is 0 Å². The first kappa shape index (κ1) is 12.7. The van der Waals surface area contributed by atoms with Crippen LogP contribution in [0.25, 0.3) is 0 Å². The van der Waals surface area contributed by atoms with E-state index < -0.39 is 0 Å². The third-order valence-corrected chi connectivity index (χ3v) is 5.62. The van der Waals surface area contributed by atoms with Gasteiger partial charge in [0.2, 0.25) is 0 Å². The van der Waals surface area contributed by atoms with Gasteiger partial charge in [-0.25, -0.2) is 0 Å². The van der Waals surface area contributed by atoms with Gasteiger partial charge in [0.15, 0.2) is 0 Å². The van der Waals surface area contributed by atoms with Gasteiger partial charge in [-0.05, 0) is 38.0 Å². The van der Waals surface area contributed by atoms with Gasteiger partial charge >= 0.3 is 0 Å². The number of ether oxygens (including phenoxy) is 1. The van der Waals surface area contributed by atoms with Crippen LogP contribution in [-0.2, 0) is 4.74 Å². The number of hydrogen-bond donors (Lipinski definition) is 0. The summed E-state index contributed by atoms with van der Waals surface area (Å²) in [5.41, 5.74) is 0.278. The van der Waals surface area contributed by atoms with Crippen molar-refractivity contribution in [2.24, 2.45) is 11.3 Å². The molecule has 0 spiro atoms. The number of halogens is 1. The summed E-state index contributed by atoms with van der Waals surface area (Å²) in [6.45, 7) is 5.49.